The van der Waals surface area contributed by atoms with Crippen LogP contribution < -0.4 is 5.73 Å². The highest BCUT2D eigenvalue weighted by atomic mass is 15.3. The Morgan fingerprint density at radius 1 is 1.15 bits per heavy atom. The standard InChI is InChI=1S/C17H25N3/c1-13(18)17-14(2)19-20(15(17)3)12-8-7-11-16-9-5-4-6-10-16/h4-6,9-10,13H,7-8,11-12,18H2,1-3H3. The summed E-state index contributed by atoms with van der Waals surface area (Å²) in [5.74, 6) is 0. The van der Waals surface area contributed by atoms with Crippen LogP contribution in [0.4, 0.5) is 0 Å². The number of nitrogens with two attached hydrogens (primary N) is 1. The SMILES string of the molecule is Cc1nn(CCCCc2ccccc2)c(C)c1C(C)N. The van der Waals surface area contributed by atoms with Gasteiger partial charge in [0.15, 0.2) is 0 Å². The third-order valence-electron chi connectivity index (χ3n) is 3.82. The predicted molar refractivity (Wildman–Crippen MR) is 83.7 cm³/mol. The van der Waals surface area contributed by atoms with Crippen LogP contribution >= 0.6 is 0 Å². The van der Waals surface area contributed by atoms with Gasteiger partial charge in [0.25, 0.3) is 0 Å². The molecule has 1 unspecified atom stereocenters. The Labute approximate surface area is 121 Å². The first-order chi connectivity index (χ1) is 9.59. The number of nitrogens with zero attached hydrogens (tertiary/aromatic N) is 2. The van der Waals surface area contributed by atoms with Crippen molar-refractivity contribution in [3.05, 3.63) is 52.8 Å². The second-order valence-corrected chi connectivity index (χ2v) is 5.54. The normalized spacial score (nSPS) is 12.6. The number of hydrogen-bond donors (Lipinski definition) is 1. The zero-order chi connectivity index (χ0) is 14.5. The minimum absolute atomic E-state index is 0.0630. The molecule has 0 fully saturated rings. The lowest BCUT2D eigenvalue weighted by Gasteiger charge is -2.07. The number of aromatic nitrogens is 2. The molecule has 1 aromatic heterocycles. The minimum atomic E-state index is 0.0630. The maximum absolute atomic E-state index is 6.01. The van der Waals surface area contributed by atoms with E-state index in [1.165, 1.54) is 23.2 Å². The second kappa shape index (κ2) is 6.71. The molecule has 1 heterocycles. The van der Waals surface area contributed by atoms with Crippen molar-refractivity contribution in [1.29, 1.82) is 0 Å². The van der Waals surface area contributed by atoms with E-state index in [0.717, 1.165) is 25.1 Å². The van der Waals surface area contributed by atoms with E-state index in [-0.39, 0.29) is 6.04 Å². The maximum Gasteiger partial charge on any atom is 0.0644 e. The highest BCUT2D eigenvalue weighted by Crippen LogP contribution is 2.19. The lowest BCUT2D eigenvalue weighted by molar-refractivity contribution is 0.542. The molecule has 2 aromatic rings. The third-order valence-corrected chi connectivity index (χ3v) is 3.82. The number of rotatable bonds is 6. The molecule has 1 aromatic carbocycles. The summed E-state index contributed by atoms with van der Waals surface area (Å²) < 4.78 is 2.11. The summed E-state index contributed by atoms with van der Waals surface area (Å²) in [5, 5.41) is 4.61. The molecular formula is C17H25N3. The fourth-order valence-corrected chi connectivity index (χ4v) is 2.82. The van der Waals surface area contributed by atoms with Crippen LogP contribution in [0.25, 0.3) is 0 Å². The Hall–Kier alpha value is -1.61. The first-order valence-corrected chi connectivity index (χ1v) is 7.43. The van der Waals surface area contributed by atoms with Crippen LogP contribution in [0.3, 0.4) is 0 Å². The number of benzene rings is 1. The van der Waals surface area contributed by atoms with Gasteiger partial charge in [-0.1, -0.05) is 30.3 Å². The number of hydrogen-bond acceptors (Lipinski definition) is 2. The van der Waals surface area contributed by atoms with E-state index in [4.69, 9.17) is 5.73 Å². The fraction of sp³-hybridized carbons (Fsp3) is 0.471. The van der Waals surface area contributed by atoms with Gasteiger partial charge in [0.2, 0.25) is 0 Å². The molecule has 0 aliphatic rings. The maximum atomic E-state index is 6.01. The Morgan fingerprint density at radius 3 is 2.45 bits per heavy atom. The summed E-state index contributed by atoms with van der Waals surface area (Å²) in [4.78, 5) is 0. The lowest BCUT2D eigenvalue weighted by Crippen LogP contribution is -2.08. The molecule has 0 saturated heterocycles. The van der Waals surface area contributed by atoms with Crippen LogP contribution in [0.1, 0.15) is 48.3 Å². The van der Waals surface area contributed by atoms with E-state index in [9.17, 15) is 0 Å². The summed E-state index contributed by atoms with van der Waals surface area (Å²) in [5.41, 5.74) is 10.9. The van der Waals surface area contributed by atoms with Crippen LogP contribution in [0, 0.1) is 13.8 Å². The van der Waals surface area contributed by atoms with Gasteiger partial charge in [0.1, 0.15) is 0 Å². The summed E-state index contributed by atoms with van der Waals surface area (Å²) in [7, 11) is 0. The van der Waals surface area contributed by atoms with Crippen LogP contribution in [0.5, 0.6) is 0 Å². The topological polar surface area (TPSA) is 43.8 Å². The quantitative estimate of drug-likeness (QED) is 0.817. The minimum Gasteiger partial charge on any atom is -0.324 e. The Morgan fingerprint density at radius 2 is 1.85 bits per heavy atom. The van der Waals surface area contributed by atoms with Gasteiger partial charge in [-0.15, -0.1) is 0 Å². The van der Waals surface area contributed by atoms with Crippen molar-refractivity contribution in [1.82, 2.24) is 9.78 Å². The molecule has 0 bridgehead atoms. The van der Waals surface area contributed by atoms with Crippen LogP contribution in [0.15, 0.2) is 30.3 Å². The van der Waals surface area contributed by atoms with Crippen molar-refractivity contribution in [2.45, 2.75) is 52.6 Å². The molecule has 0 saturated carbocycles. The molecule has 108 valence electrons. The van der Waals surface area contributed by atoms with E-state index in [1.54, 1.807) is 0 Å². The molecule has 0 aliphatic carbocycles. The van der Waals surface area contributed by atoms with E-state index in [0.29, 0.717) is 0 Å². The van der Waals surface area contributed by atoms with Crippen molar-refractivity contribution >= 4 is 0 Å². The van der Waals surface area contributed by atoms with Gasteiger partial charge in [-0.25, -0.2) is 0 Å². The second-order valence-electron chi connectivity index (χ2n) is 5.54. The summed E-state index contributed by atoms with van der Waals surface area (Å²) >= 11 is 0. The first kappa shape index (κ1) is 14.8. The molecule has 2 rings (SSSR count). The Bertz CT molecular complexity index is 541. The van der Waals surface area contributed by atoms with Crippen molar-refractivity contribution in [3.63, 3.8) is 0 Å². The zero-order valence-corrected chi connectivity index (χ0v) is 12.8. The van der Waals surface area contributed by atoms with Crippen molar-refractivity contribution in [2.75, 3.05) is 0 Å². The highest BCUT2D eigenvalue weighted by Gasteiger charge is 2.14. The van der Waals surface area contributed by atoms with Gasteiger partial charge in [0, 0.05) is 23.8 Å². The smallest absolute Gasteiger partial charge is 0.0644 e. The zero-order valence-electron chi connectivity index (χ0n) is 12.8. The van der Waals surface area contributed by atoms with Crippen LogP contribution in [0.2, 0.25) is 0 Å². The Balaban J connectivity index is 1.87. The molecule has 3 nitrogen and oxygen atoms in total. The summed E-state index contributed by atoms with van der Waals surface area (Å²) in [6, 6.07) is 10.7. The molecule has 20 heavy (non-hydrogen) atoms. The monoisotopic (exact) mass is 271 g/mol. The van der Waals surface area contributed by atoms with E-state index in [1.807, 2.05) is 13.8 Å². The van der Waals surface area contributed by atoms with Crippen molar-refractivity contribution in [2.24, 2.45) is 5.73 Å². The molecule has 0 aliphatic heterocycles. The summed E-state index contributed by atoms with van der Waals surface area (Å²) in [6.07, 6.45) is 3.48. The molecular weight excluding hydrogens is 246 g/mol. The summed E-state index contributed by atoms with van der Waals surface area (Å²) in [6.45, 7) is 7.17. The molecule has 2 N–H and O–H groups in total. The van der Waals surface area contributed by atoms with Gasteiger partial charge in [-0.05, 0) is 45.6 Å². The molecule has 0 spiro atoms. The highest BCUT2D eigenvalue weighted by molar-refractivity contribution is 5.27. The van der Waals surface area contributed by atoms with Gasteiger partial charge in [-0.3, -0.25) is 4.68 Å². The van der Waals surface area contributed by atoms with Gasteiger partial charge in [0.05, 0.1) is 5.69 Å². The average molecular weight is 271 g/mol. The van der Waals surface area contributed by atoms with Crippen molar-refractivity contribution < 1.29 is 0 Å². The van der Waals surface area contributed by atoms with Gasteiger partial charge in [-0.2, -0.15) is 5.10 Å². The van der Waals surface area contributed by atoms with E-state index >= 15 is 0 Å². The molecule has 1 atom stereocenters. The van der Waals surface area contributed by atoms with E-state index < -0.39 is 0 Å². The largest absolute Gasteiger partial charge is 0.324 e. The lowest BCUT2D eigenvalue weighted by atomic mass is 10.1. The Kier molecular flexibility index (Phi) is 4.96. The number of unbranched alkanes of at least 4 members (excludes halogenated alkanes) is 1. The molecule has 0 amide bonds. The van der Waals surface area contributed by atoms with Gasteiger partial charge < -0.3 is 5.73 Å². The number of aryl methyl sites for hydroxylation is 3. The molecule has 0 radical (unpaired) electrons. The van der Waals surface area contributed by atoms with E-state index in [2.05, 4.69) is 47.0 Å². The van der Waals surface area contributed by atoms with Gasteiger partial charge >= 0.3 is 0 Å². The first-order valence-electron chi connectivity index (χ1n) is 7.43. The third kappa shape index (κ3) is 3.48. The fourth-order valence-electron chi connectivity index (χ4n) is 2.82. The molecule has 3 heteroatoms. The van der Waals surface area contributed by atoms with Crippen LogP contribution in [-0.2, 0) is 13.0 Å². The van der Waals surface area contributed by atoms with Crippen LogP contribution in [-0.4, -0.2) is 9.78 Å². The average Bonchev–Trinajstić information content (AvgIpc) is 2.71. The van der Waals surface area contributed by atoms with Crippen molar-refractivity contribution in [3.8, 4) is 0 Å². The predicted octanol–water partition coefficient (Wildman–Crippen LogP) is 3.54.